The van der Waals surface area contributed by atoms with Crippen molar-refractivity contribution in [1.29, 1.82) is 0 Å². The van der Waals surface area contributed by atoms with Crippen molar-refractivity contribution in [2.45, 2.75) is 25.7 Å². The van der Waals surface area contributed by atoms with Crippen LogP contribution in [0.3, 0.4) is 0 Å². The van der Waals surface area contributed by atoms with Crippen molar-refractivity contribution >= 4 is 11.6 Å². The first-order chi connectivity index (χ1) is 17.7. The van der Waals surface area contributed by atoms with Crippen LogP contribution in [0.1, 0.15) is 16.8 Å². The standard InChI is InChI=1S/C28H29F3N4O2/c1-33-13-15-34(16-14-33)26-4-2-3-21-11-12-35(19-25(21)26)27(36)17-23-8-5-22(18-32-23)20-6-9-24(10-7-20)37-28(29,30)31/h2-10,18H,11-17,19H2,1H3. The van der Waals surface area contributed by atoms with Crippen LogP contribution in [0.2, 0.25) is 0 Å². The van der Waals surface area contributed by atoms with E-state index in [1.54, 1.807) is 24.4 Å². The third-order valence-corrected chi connectivity index (χ3v) is 7.02. The van der Waals surface area contributed by atoms with E-state index >= 15 is 0 Å². The van der Waals surface area contributed by atoms with E-state index in [0.29, 0.717) is 24.3 Å². The number of carbonyl (C=O) groups is 1. The van der Waals surface area contributed by atoms with Gasteiger partial charge in [-0.1, -0.05) is 30.3 Å². The molecule has 0 atom stereocenters. The Morgan fingerprint density at radius 2 is 1.68 bits per heavy atom. The smallest absolute Gasteiger partial charge is 0.406 e. The van der Waals surface area contributed by atoms with Crippen molar-refractivity contribution in [1.82, 2.24) is 14.8 Å². The van der Waals surface area contributed by atoms with Crippen LogP contribution in [-0.4, -0.2) is 66.8 Å². The number of piperazine rings is 1. The van der Waals surface area contributed by atoms with Crippen LogP contribution in [0.5, 0.6) is 5.75 Å². The highest BCUT2D eigenvalue weighted by atomic mass is 19.4. The Kier molecular flexibility index (Phi) is 7.06. The highest BCUT2D eigenvalue weighted by Crippen LogP contribution is 2.30. The molecule has 0 radical (unpaired) electrons. The predicted octanol–water partition coefficient (Wildman–Crippen LogP) is 4.53. The SMILES string of the molecule is CN1CCN(c2cccc3c2CN(C(=O)Cc2ccc(-c4ccc(OC(F)(F)F)cc4)cn2)CC3)CC1. The van der Waals surface area contributed by atoms with Gasteiger partial charge in [0.25, 0.3) is 0 Å². The summed E-state index contributed by atoms with van der Waals surface area (Å²) in [5.41, 5.74) is 5.91. The number of aromatic nitrogens is 1. The van der Waals surface area contributed by atoms with E-state index < -0.39 is 6.36 Å². The van der Waals surface area contributed by atoms with Gasteiger partial charge >= 0.3 is 6.36 Å². The number of fused-ring (bicyclic) bond motifs is 1. The van der Waals surface area contributed by atoms with Crippen molar-refractivity contribution in [2.24, 2.45) is 0 Å². The number of hydrogen-bond acceptors (Lipinski definition) is 5. The lowest BCUT2D eigenvalue weighted by molar-refractivity contribution is -0.274. The average Bonchev–Trinajstić information content (AvgIpc) is 2.88. The number of pyridine rings is 1. The lowest BCUT2D eigenvalue weighted by atomic mass is 9.96. The molecule has 2 aliphatic heterocycles. The predicted molar refractivity (Wildman–Crippen MR) is 135 cm³/mol. The van der Waals surface area contributed by atoms with Crippen LogP contribution >= 0.6 is 0 Å². The Morgan fingerprint density at radius 3 is 2.35 bits per heavy atom. The Hall–Kier alpha value is -3.59. The first-order valence-corrected chi connectivity index (χ1v) is 12.4. The molecule has 0 saturated carbocycles. The fraction of sp³-hybridized carbons (Fsp3) is 0.357. The summed E-state index contributed by atoms with van der Waals surface area (Å²) in [5, 5.41) is 0. The molecule has 5 rings (SSSR count). The van der Waals surface area contributed by atoms with Crippen molar-refractivity contribution in [2.75, 3.05) is 44.7 Å². The molecule has 9 heteroatoms. The van der Waals surface area contributed by atoms with E-state index in [9.17, 15) is 18.0 Å². The first-order valence-electron chi connectivity index (χ1n) is 12.4. The van der Waals surface area contributed by atoms with Crippen LogP contribution < -0.4 is 9.64 Å². The van der Waals surface area contributed by atoms with Crippen LogP contribution in [0, 0.1) is 0 Å². The number of nitrogens with zero attached hydrogens (tertiary/aromatic N) is 4. The van der Waals surface area contributed by atoms with E-state index in [1.807, 2.05) is 11.0 Å². The molecule has 1 amide bonds. The summed E-state index contributed by atoms with van der Waals surface area (Å²) in [7, 11) is 2.14. The molecule has 1 fully saturated rings. The Morgan fingerprint density at radius 1 is 0.946 bits per heavy atom. The second kappa shape index (κ2) is 10.4. The average molecular weight is 511 g/mol. The molecule has 3 heterocycles. The zero-order valence-electron chi connectivity index (χ0n) is 20.7. The maximum absolute atomic E-state index is 13.2. The third-order valence-electron chi connectivity index (χ3n) is 7.02. The highest BCUT2D eigenvalue weighted by Gasteiger charge is 2.31. The Balaban J connectivity index is 1.23. The summed E-state index contributed by atoms with van der Waals surface area (Å²) in [6.45, 7) is 5.30. The van der Waals surface area contributed by atoms with Crippen molar-refractivity contribution < 1.29 is 22.7 Å². The molecular weight excluding hydrogens is 481 g/mol. The van der Waals surface area contributed by atoms with Gasteiger partial charge in [0.15, 0.2) is 0 Å². The minimum absolute atomic E-state index is 0.0349. The van der Waals surface area contributed by atoms with E-state index in [2.05, 4.69) is 44.8 Å². The van der Waals surface area contributed by atoms with Gasteiger partial charge in [-0.2, -0.15) is 0 Å². The molecule has 6 nitrogen and oxygen atoms in total. The molecule has 2 aliphatic rings. The van der Waals surface area contributed by atoms with Crippen molar-refractivity contribution in [3.8, 4) is 16.9 Å². The van der Waals surface area contributed by atoms with Gasteiger partial charge in [-0.05, 0) is 54.4 Å². The molecule has 1 saturated heterocycles. The van der Waals surface area contributed by atoms with Gasteiger partial charge in [0.1, 0.15) is 5.75 Å². The molecule has 0 spiro atoms. The lowest BCUT2D eigenvalue weighted by Gasteiger charge is -2.38. The minimum atomic E-state index is -4.72. The van der Waals surface area contributed by atoms with Crippen LogP contribution in [-0.2, 0) is 24.2 Å². The normalized spacial score (nSPS) is 16.4. The third kappa shape index (κ3) is 6.05. The summed E-state index contributed by atoms with van der Waals surface area (Å²) < 4.78 is 41.0. The van der Waals surface area contributed by atoms with Gasteiger partial charge in [-0.25, -0.2) is 0 Å². The second-order valence-corrected chi connectivity index (χ2v) is 9.56. The number of hydrogen-bond donors (Lipinski definition) is 0. The second-order valence-electron chi connectivity index (χ2n) is 9.56. The van der Waals surface area contributed by atoms with Gasteiger partial charge in [0, 0.05) is 62.4 Å². The number of rotatable bonds is 5. The quantitative estimate of drug-likeness (QED) is 0.505. The van der Waals surface area contributed by atoms with Crippen LogP contribution in [0.15, 0.2) is 60.8 Å². The van der Waals surface area contributed by atoms with E-state index in [1.165, 1.54) is 28.9 Å². The highest BCUT2D eigenvalue weighted by molar-refractivity contribution is 5.79. The maximum Gasteiger partial charge on any atom is 0.573 e. The first kappa shape index (κ1) is 25.1. The molecule has 0 unspecified atom stereocenters. The molecule has 0 bridgehead atoms. The summed E-state index contributed by atoms with van der Waals surface area (Å²) in [5.74, 6) is -0.238. The topological polar surface area (TPSA) is 48.9 Å². The van der Waals surface area contributed by atoms with E-state index in [4.69, 9.17) is 0 Å². The van der Waals surface area contributed by atoms with Gasteiger partial charge in [0.2, 0.25) is 5.91 Å². The zero-order valence-corrected chi connectivity index (χ0v) is 20.7. The molecule has 2 aromatic carbocycles. The number of anilines is 1. The van der Waals surface area contributed by atoms with Gasteiger partial charge < -0.3 is 19.4 Å². The maximum atomic E-state index is 13.2. The minimum Gasteiger partial charge on any atom is -0.406 e. The summed E-state index contributed by atoms with van der Waals surface area (Å²) in [6.07, 6.45) is -2.05. The fourth-order valence-electron chi connectivity index (χ4n) is 4.94. The van der Waals surface area contributed by atoms with E-state index in [0.717, 1.165) is 38.2 Å². The number of halogens is 3. The largest absolute Gasteiger partial charge is 0.573 e. The number of alkyl halides is 3. The Labute approximate surface area is 214 Å². The monoisotopic (exact) mass is 510 g/mol. The summed E-state index contributed by atoms with van der Waals surface area (Å²) >= 11 is 0. The number of benzene rings is 2. The number of carbonyl (C=O) groups excluding carboxylic acids is 1. The molecular formula is C28H29F3N4O2. The number of likely N-dealkylation sites (N-methyl/N-ethyl adjacent to an activating group) is 1. The fourth-order valence-corrected chi connectivity index (χ4v) is 4.94. The van der Waals surface area contributed by atoms with Gasteiger partial charge in [0.05, 0.1) is 6.42 Å². The zero-order chi connectivity index (χ0) is 26.0. The number of ether oxygens (including phenoxy) is 1. The molecule has 194 valence electrons. The Bertz CT molecular complexity index is 1240. The molecule has 1 aromatic heterocycles. The van der Waals surface area contributed by atoms with Crippen LogP contribution in [0.25, 0.3) is 11.1 Å². The van der Waals surface area contributed by atoms with Gasteiger partial charge in [-0.15, -0.1) is 13.2 Å². The summed E-state index contributed by atoms with van der Waals surface area (Å²) in [4.78, 5) is 24.3. The lowest BCUT2D eigenvalue weighted by Crippen LogP contribution is -2.45. The molecule has 0 N–H and O–H groups in total. The van der Waals surface area contributed by atoms with Crippen LogP contribution in [0.4, 0.5) is 18.9 Å². The summed E-state index contributed by atoms with van der Waals surface area (Å²) in [6, 6.07) is 15.7. The van der Waals surface area contributed by atoms with Crippen molar-refractivity contribution in [3.63, 3.8) is 0 Å². The molecule has 3 aromatic rings. The number of amides is 1. The molecule has 0 aliphatic carbocycles. The van der Waals surface area contributed by atoms with E-state index in [-0.39, 0.29) is 18.1 Å². The molecule has 37 heavy (non-hydrogen) atoms. The van der Waals surface area contributed by atoms with Crippen molar-refractivity contribution in [3.05, 3.63) is 77.6 Å². The van der Waals surface area contributed by atoms with Gasteiger partial charge in [-0.3, -0.25) is 9.78 Å².